The van der Waals surface area contributed by atoms with Gasteiger partial charge in [0.15, 0.2) is 0 Å². The quantitative estimate of drug-likeness (QED) is 0.551. The summed E-state index contributed by atoms with van der Waals surface area (Å²) in [4.78, 5) is 13.5. The average Bonchev–Trinajstić information content (AvgIpc) is 2.55. The van der Waals surface area contributed by atoms with Crippen molar-refractivity contribution in [3.63, 3.8) is 0 Å². The zero-order chi connectivity index (χ0) is 15.1. The first-order chi connectivity index (χ1) is 10.2. The molecule has 1 aliphatic rings. The number of rotatable bonds is 6. The smallest absolute Gasteiger partial charge is 0.243 e. The molecule has 5 heteroatoms. The molecule has 1 amide bonds. The van der Waals surface area contributed by atoms with Crippen LogP contribution >= 0.6 is 0 Å². The molecule has 5 nitrogen and oxygen atoms in total. The number of hydroxylamine groups is 1. The number of hydrogen-bond acceptors (Lipinski definition) is 4. The molecule has 1 aromatic rings. The van der Waals surface area contributed by atoms with Crippen molar-refractivity contribution in [2.75, 3.05) is 24.5 Å². The Hall–Kier alpha value is -1.59. The van der Waals surface area contributed by atoms with Gasteiger partial charge in [-0.15, -0.1) is 0 Å². The Balaban J connectivity index is 1.95. The van der Waals surface area contributed by atoms with Crippen molar-refractivity contribution in [2.45, 2.75) is 38.6 Å². The van der Waals surface area contributed by atoms with Crippen molar-refractivity contribution < 1.29 is 10.0 Å². The molecular formula is C16H25N3O2. The summed E-state index contributed by atoms with van der Waals surface area (Å²) < 4.78 is 0. The molecule has 1 unspecified atom stereocenters. The lowest BCUT2D eigenvalue weighted by molar-refractivity contribution is -0.129. The van der Waals surface area contributed by atoms with Gasteiger partial charge in [0.25, 0.3) is 0 Å². The Labute approximate surface area is 126 Å². The number of aryl methyl sites for hydroxylation is 1. The summed E-state index contributed by atoms with van der Waals surface area (Å²) in [6.45, 7) is 5.08. The van der Waals surface area contributed by atoms with Crippen molar-refractivity contribution in [2.24, 2.45) is 0 Å². The number of piperazine rings is 1. The lowest BCUT2D eigenvalue weighted by atomic mass is 10.0. The SMILES string of the molecule is CCc1ccc(N2CCNCC2CCCC(=O)NO)cc1. The number of carbonyl (C=O) groups excluding carboxylic acids is 1. The van der Waals surface area contributed by atoms with Gasteiger partial charge >= 0.3 is 0 Å². The Kier molecular flexibility index (Phi) is 6.02. The zero-order valence-electron chi connectivity index (χ0n) is 12.6. The van der Waals surface area contributed by atoms with Crippen LogP contribution in [0.1, 0.15) is 31.7 Å². The van der Waals surface area contributed by atoms with Crippen molar-refractivity contribution in [1.29, 1.82) is 0 Å². The first kappa shape index (κ1) is 15.8. The summed E-state index contributed by atoms with van der Waals surface area (Å²) >= 11 is 0. The third-order valence-corrected chi connectivity index (χ3v) is 4.09. The summed E-state index contributed by atoms with van der Waals surface area (Å²) in [5, 5.41) is 11.9. The predicted octanol–water partition coefficient (Wildman–Crippen LogP) is 1.70. The van der Waals surface area contributed by atoms with Crippen LogP contribution in [-0.4, -0.2) is 36.8 Å². The minimum atomic E-state index is -0.308. The maximum atomic E-state index is 11.1. The number of benzene rings is 1. The molecule has 0 spiro atoms. The second-order valence-electron chi connectivity index (χ2n) is 5.50. The fourth-order valence-electron chi connectivity index (χ4n) is 2.84. The number of anilines is 1. The molecule has 1 aliphatic heterocycles. The van der Waals surface area contributed by atoms with Crippen molar-refractivity contribution in [3.8, 4) is 0 Å². The van der Waals surface area contributed by atoms with E-state index >= 15 is 0 Å². The van der Waals surface area contributed by atoms with Crippen molar-refractivity contribution in [1.82, 2.24) is 10.8 Å². The zero-order valence-corrected chi connectivity index (χ0v) is 12.6. The Morgan fingerprint density at radius 2 is 2.19 bits per heavy atom. The summed E-state index contributed by atoms with van der Waals surface area (Å²) in [5.74, 6) is -0.308. The molecule has 1 saturated heterocycles. The molecule has 116 valence electrons. The Morgan fingerprint density at radius 3 is 2.86 bits per heavy atom. The molecule has 3 N–H and O–H groups in total. The highest BCUT2D eigenvalue weighted by molar-refractivity contribution is 5.74. The van der Waals surface area contributed by atoms with E-state index in [0.29, 0.717) is 12.5 Å². The van der Waals surface area contributed by atoms with Crippen LogP contribution in [0.3, 0.4) is 0 Å². The van der Waals surface area contributed by atoms with Crippen LogP contribution in [-0.2, 0) is 11.2 Å². The third kappa shape index (κ3) is 4.44. The molecule has 0 bridgehead atoms. The molecule has 0 aliphatic carbocycles. The van der Waals surface area contributed by atoms with E-state index in [9.17, 15) is 4.79 Å². The highest BCUT2D eigenvalue weighted by Crippen LogP contribution is 2.22. The Bertz CT molecular complexity index is 447. The van der Waals surface area contributed by atoms with Gasteiger partial charge in [-0.05, 0) is 37.0 Å². The number of nitrogens with zero attached hydrogens (tertiary/aromatic N) is 1. The van der Waals surface area contributed by atoms with E-state index in [0.717, 1.165) is 38.9 Å². The van der Waals surface area contributed by atoms with Crippen LogP contribution in [0.2, 0.25) is 0 Å². The van der Waals surface area contributed by atoms with Crippen LogP contribution in [0.25, 0.3) is 0 Å². The predicted molar refractivity (Wildman–Crippen MR) is 83.6 cm³/mol. The monoisotopic (exact) mass is 291 g/mol. The van der Waals surface area contributed by atoms with E-state index in [1.54, 1.807) is 5.48 Å². The minimum absolute atomic E-state index is 0.308. The van der Waals surface area contributed by atoms with Gasteiger partial charge in [0.2, 0.25) is 5.91 Å². The second kappa shape index (κ2) is 8.00. The van der Waals surface area contributed by atoms with Gasteiger partial charge < -0.3 is 10.2 Å². The summed E-state index contributed by atoms with van der Waals surface area (Å²) in [6, 6.07) is 9.16. The fourth-order valence-corrected chi connectivity index (χ4v) is 2.84. The van der Waals surface area contributed by atoms with Crippen LogP contribution in [0.15, 0.2) is 24.3 Å². The number of hydrogen-bond donors (Lipinski definition) is 3. The van der Waals surface area contributed by atoms with Crippen LogP contribution in [0, 0.1) is 0 Å². The Morgan fingerprint density at radius 1 is 1.43 bits per heavy atom. The van der Waals surface area contributed by atoms with E-state index in [2.05, 4.69) is 41.4 Å². The van der Waals surface area contributed by atoms with Gasteiger partial charge in [-0.1, -0.05) is 19.1 Å². The van der Waals surface area contributed by atoms with E-state index in [1.807, 2.05) is 0 Å². The standard InChI is InChI=1S/C16H25N3O2/c1-2-13-6-8-14(9-7-13)19-11-10-17-12-15(19)4-3-5-16(20)18-21/h6-9,15,17,21H,2-5,10-12H2,1H3,(H,18,20). The van der Waals surface area contributed by atoms with Gasteiger partial charge in [-0.25, -0.2) is 5.48 Å². The molecule has 21 heavy (non-hydrogen) atoms. The number of amides is 1. The van der Waals surface area contributed by atoms with Crippen LogP contribution in [0.4, 0.5) is 5.69 Å². The molecule has 0 aromatic heterocycles. The molecule has 0 radical (unpaired) electrons. The number of carbonyl (C=O) groups is 1. The lowest BCUT2D eigenvalue weighted by Crippen LogP contribution is -2.51. The average molecular weight is 291 g/mol. The van der Waals surface area contributed by atoms with Gasteiger partial charge in [0, 0.05) is 37.8 Å². The molecule has 1 atom stereocenters. The van der Waals surface area contributed by atoms with E-state index in [4.69, 9.17) is 5.21 Å². The molecular weight excluding hydrogens is 266 g/mol. The first-order valence-electron chi connectivity index (χ1n) is 7.73. The van der Waals surface area contributed by atoms with Gasteiger partial charge in [-0.3, -0.25) is 10.0 Å². The van der Waals surface area contributed by atoms with Crippen LogP contribution < -0.4 is 15.7 Å². The first-order valence-corrected chi connectivity index (χ1v) is 7.73. The molecule has 0 saturated carbocycles. The second-order valence-corrected chi connectivity index (χ2v) is 5.50. The van der Waals surface area contributed by atoms with Crippen molar-refractivity contribution in [3.05, 3.63) is 29.8 Å². The summed E-state index contributed by atoms with van der Waals surface area (Å²) in [6.07, 6.45) is 3.15. The third-order valence-electron chi connectivity index (χ3n) is 4.09. The maximum Gasteiger partial charge on any atom is 0.243 e. The summed E-state index contributed by atoms with van der Waals surface area (Å²) in [5.41, 5.74) is 4.30. The molecule has 1 fully saturated rings. The largest absolute Gasteiger partial charge is 0.366 e. The maximum absolute atomic E-state index is 11.1. The minimum Gasteiger partial charge on any atom is -0.366 e. The van der Waals surface area contributed by atoms with E-state index in [-0.39, 0.29) is 5.91 Å². The highest BCUT2D eigenvalue weighted by atomic mass is 16.5. The van der Waals surface area contributed by atoms with Gasteiger partial charge in [-0.2, -0.15) is 0 Å². The molecule has 2 rings (SSSR count). The van der Waals surface area contributed by atoms with Crippen molar-refractivity contribution >= 4 is 11.6 Å². The van der Waals surface area contributed by atoms with E-state index in [1.165, 1.54) is 11.3 Å². The van der Waals surface area contributed by atoms with E-state index < -0.39 is 0 Å². The van der Waals surface area contributed by atoms with Gasteiger partial charge in [0.05, 0.1) is 0 Å². The van der Waals surface area contributed by atoms with Crippen LogP contribution in [0.5, 0.6) is 0 Å². The molecule has 1 aromatic carbocycles. The normalized spacial score (nSPS) is 18.6. The molecule has 1 heterocycles. The number of nitrogens with one attached hydrogen (secondary N) is 2. The topological polar surface area (TPSA) is 64.6 Å². The lowest BCUT2D eigenvalue weighted by Gasteiger charge is -2.38. The van der Waals surface area contributed by atoms with Gasteiger partial charge in [0.1, 0.15) is 0 Å². The summed E-state index contributed by atoms with van der Waals surface area (Å²) in [7, 11) is 0. The fraction of sp³-hybridized carbons (Fsp3) is 0.562. The highest BCUT2D eigenvalue weighted by Gasteiger charge is 2.22.